The topological polar surface area (TPSA) is 81.4 Å². The summed E-state index contributed by atoms with van der Waals surface area (Å²) >= 11 is 1.43. The molecule has 0 aliphatic carbocycles. The van der Waals surface area contributed by atoms with Crippen LogP contribution < -0.4 is 10.5 Å². The Bertz CT molecular complexity index is 695. The highest BCUT2D eigenvalue weighted by atomic mass is 32.2. The minimum Gasteiger partial charge on any atom is -0.385 e. The highest BCUT2D eigenvalue weighted by Gasteiger charge is 2.23. The second-order valence-electron chi connectivity index (χ2n) is 4.65. The molecular formula is C14H20N2O3S2. The van der Waals surface area contributed by atoms with Crippen LogP contribution in [-0.4, -0.2) is 28.7 Å². The van der Waals surface area contributed by atoms with Crippen LogP contribution in [0.2, 0.25) is 0 Å². The highest BCUT2D eigenvalue weighted by molar-refractivity contribution is 7.90. The Morgan fingerprint density at radius 3 is 2.76 bits per heavy atom. The molecule has 7 heteroatoms. The number of sulfonamides is 1. The van der Waals surface area contributed by atoms with E-state index in [1.54, 1.807) is 7.11 Å². The second-order valence-corrected chi connectivity index (χ2v) is 7.49. The van der Waals surface area contributed by atoms with Gasteiger partial charge in [0.1, 0.15) is 4.90 Å². The molecule has 116 valence electrons. The number of hydrogen-bond donors (Lipinski definition) is 2. The molecule has 0 fully saturated rings. The van der Waals surface area contributed by atoms with Crippen molar-refractivity contribution in [1.29, 1.82) is 0 Å². The third-order valence-corrected chi connectivity index (χ3v) is 6.05. The Morgan fingerprint density at radius 1 is 1.29 bits per heavy atom. The molecule has 2 rings (SSSR count). The van der Waals surface area contributed by atoms with E-state index in [9.17, 15) is 8.42 Å². The van der Waals surface area contributed by atoms with E-state index >= 15 is 0 Å². The number of methoxy groups -OCH3 is 1. The van der Waals surface area contributed by atoms with E-state index in [-0.39, 0.29) is 6.54 Å². The summed E-state index contributed by atoms with van der Waals surface area (Å²) in [6.07, 6.45) is 1.57. The van der Waals surface area contributed by atoms with Gasteiger partial charge < -0.3 is 10.5 Å². The Kier molecular flexibility index (Phi) is 5.72. The molecule has 0 bridgehead atoms. The van der Waals surface area contributed by atoms with Crippen molar-refractivity contribution in [2.24, 2.45) is 5.73 Å². The van der Waals surface area contributed by atoms with Gasteiger partial charge in [-0.15, -0.1) is 11.3 Å². The average molecular weight is 328 g/mol. The number of unbranched alkanes of at least 4 members (excludes halogenated alkanes) is 1. The van der Waals surface area contributed by atoms with Gasteiger partial charge in [-0.3, -0.25) is 0 Å². The van der Waals surface area contributed by atoms with Gasteiger partial charge >= 0.3 is 0 Å². The summed E-state index contributed by atoms with van der Waals surface area (Å²) < 4.78 is 33.6. The normalized spacial score (nSPS) is 12.1. The van der Waals surface area contributed by atoms with E-state index < -0.39 is 10.0 Å². The molecule has 0 atom stereocenters. The number of thiophene rings is 1. The molecule has 0 saturated carbocycles. The van der Waals surface area contributed by atoms with Gasteiger partial charge in [-0.1, -0.05) is 18.2 Å². The lowest BCUT2D eigenvalue weighted by molar-refractivity contribution is 0.193. The summed E-state index contributed by atoms with van der Waals surface area (Å²) in [5.41, 5.74) is 5.71. The largest absolute Gasteiger partial charge is 0.385 e. The number of hydrogen-bond acceptors (Lipinski definition) is 5. The first kappa shape index (κ1) is 16.4. The lowest BCUT2D eigenvalue weighted by Gasteiger charge is -2.07. The van der Waals surface area contributed by atoms with Crippen molar-refractivity contribution >= 4 is 31.4 Å². The van der Waals surface area contributed by atoms with E-state index in [1.807, 2.05) is 24.3 Å². The van der Waals surface area contributed by atoms with Gasteiger partial charge in [0.25, 0.3) is 0 Å². The third kappa shape index (κ3) is 3.81. The van der Waals surface area contributed by atoms with Gasteiger partial charge in [0, 0.05) is 41.8 Å². The maximum absolute atomic E-state index is 12.5. The van der Waals surface area contributed by atoms with E-state index in [0.717, 1.165) is 22.9 Å². The predicted octanol–water partition coefficient (Wildman–Crippen LogP) is 2.06. The number of nitrogens with two attached hydrogens (primary N) is 1. The SMILES string of the molecule is COCCCCNS(=O)(=O)c1c(CN)sc2ccccc12. The predicted molar refractivity (Wildman–Crippen MR) is 86.0 cm³/mol. The van der Waals surface area contributed by atoms with Crippen LogP contribution in [-0.2, 0) is 21.3 Å². The number of fused-ring (bicyclic) bond motifs is 1. The third-order valence-electron chi connectivity index (χ3n) is 3.14. The lowest BCUT2D eigenvalue weighted by Crippen LogP contribution is -2.26. The van der Waals surface area contributed by atoms with Gasteiger partial charge in [0.15, 0.2) is 0 Å². The van der Waals surface area contributed by atoms with Crippen LogP contribution >= 0.6 is 11.3 Å². The molecule has 1 heterocycles. The van der Waals surface area contributed by atoms with Crippen molar-refractivity contribution < 1.29 is 13.2 Å². The first-order valence-corrected chi connectivity index (χ1v) is 9.09. The molecule has 1 aromatic carbocycles. The zero-order valence-electron chi connectivity index (χ0n) is 12.0. The van der Waals surface area contributed by atoms with E-state index in [2.05, 4.69) is 4.72 Å². The minimum atomic E-state index is -3.53. The number of nitrogens with one attached hydrogen (secondary N) is 1. The first-order valence-electron chi connectivity index (χ1n) is 6.79. The van der Waals surface area contributed by atoms with E-state index in [1.165, 1.54) is 11.3 Å². The lowest BCUT2D eigenvalue weighted by atomic mass is 10.2. The molecule has 0 amide bonds. The minimum absolute atomic E-state index is 0.221. The smallest absolute Gasteiger partial charge is 0.242 e. The van der Waals surface area contributed by atoms with Crippen LogP contribution in [0.4, 0.5) is 0 Å². The molecule has 0 aliphatic rings. The summed E-state index contributed by atoms with van der Waals surface area (Å²) in [5, 5.41) is 0.743. The van der Waals surface area contributed by atoms with Gasteiger partial charge in [-0.25, -0.2) is 13.1 Å². The van der Waals surface area contributed by atoms with Crippen LogP contribution in [0.3, 0.4) is 0 Å². The molecule has 3 N–H and O–H groups in total. The molecule has 0 radical (unpaired) electrons. The molecule has 2 aromatic rings. The quantitative estimate of drug-likeness (QED) is 0.727. The molecule has 5 nitrogen and oxygen atoms in total. The monoisotopic (exact) mass is 328 g/mol. The Hall–Kier alpha value is -0.990. The van der Waals surface area contributed by atoms with Gasteiger partial charge in [0.2, 0.25) is 10.0 Å². The Balaban J connectivity index is 2.23. The zero-order chi connectivity index (χ0) is 15.3. The van der Waals surface area contributed by atoms with Crippen molar-refractivity contribution in [3.05, 3.63) is 29.1 Å². The van der Waals surface area contributed by atoms with Crippen molar-refractivity contribution in [1.82, 2.24) is 4.72 Å². The fourth-order valence-corrected chi connectivity index (χ4v) is 5.06. The maximum Gasteiger partial charge on any atom is 0.242 e. The number of benzene rings is 1. The van der Waals surface area contributed by atoms with Gasteiger partial charge in [-0.05, 0) is 18.9 Å². The summed E-state index contributed by atoms with van der Waals surface area (Å²) in [4.78, 5) is 1.03. The summed E-state index contributed by atoms with van der Waals surface area (Å²) in [7, 11) is -1.90. The van der Waals surface area contributed by atoms with Crippen molar-refractivity contribution in [3.8, 4) is 0 Å². The average Bonchev–Trinajstić information content (AvgIpc) is 2.86. The van der Waals surface area contributed by atoms with Gasteiger partial charge in [0.05, 0.1) is 0 Å². The molecule has 0 unspecified atom stereocenters. The molecule has 0 saturated heterocycles. The summed E-state index contributed by atoms with van der Waals surface area (Å²) in [6, 6.07) is 7.47. The molecular weight excluding hydrogens is 308 g/mol. The molecule has 0 aliphatic heterocycles. The summed E-state index contributed by atoms with van der Waals surface area (Å²) in [5.74, 6) is 0. The van der Waals surface area contributed by atoms with E-state index in [4.69, 9.17) is 10.5 Å². The summed E-state index contributed by atoms with van der Waals surface area (Å²) in [6.45, 7) is 1.26. The number of ether oxygens (including phenoxy) is 1. The van der Waals surface area contributed by atoms with Crippen LogP contribution in [0.15, 0.2) is 29.2 Å². The zero-order valence-corrected chi connectivity index (χ0v) is 13.6. The molecule has 0 spiro atoms. The van der Waals surface area contributed by atoms with Gasteiger partial charge in [-0.2, -0.15) is 0 Å². The van der Waals surface area contributed by atoms with Crippen LogP contribution in [0.5, 0.6) is 0 Å². The standard InChI is InChI=1S/C14H20N2O3S2/c1-19-9-5-4-8-16-21(17,18)14-11-6-2-3-7-12(11)20-13(14)10-15/h2-3,6-7,16H,4-5,8-10,15H2,1H3. The first-order chi connectivity index (χ1) is 10.1. The maximum atomic E-state index is 12.5. The fraction of sp³-hybridized carbons (Fsp3) is 0.429. The van der Waals surface area contributed by atoms with Crippen LogP contribution in [0.1, 0.15) is 17.7 Å². The van der Waals surface area contributed by atoms with E-state index in [0.29, 0.717) is 22.9 Å². The van der Waals surface area contributed by atoms with Crippen LogP contribution in [0, 0.1) is 0 Å². The van der Waals surface area contributed by atoms with Crippen molar-refractivity contribution in [3.63, 3.8) is 0 Å². The Labute approximate surface area is 129 Å². The second kappa shape index (κ2) is 7.33. The molecule has 21 heavy (non-hydrogen) atoms. The van der Waals surface area contributed by atoms with Crippen LogP contribution in [0.25, 0.3) is 10.1 Å². The Morgan fingerprint density at radius 2 is 2.05 bits per heavy atom. The highest BCUT2D eigenvalue weighted by Crippen LogP contribution is 2.34. The molecule has 1 aromatic heterocycles. The van der Waals surface area contributed by atoms with Crippen molar-refractivity contribution in [2.75, 3.05) is 20.3 Å². The van der Waals surface area contributed by atoms with Crippen molar-refractivity contribution in [2.45, 2.75) is 24.3 Å². The number of rotatable bonds is 8. The fourth-order valence-electron chi connectivity index (χ4n) is 2.15.